The summed E-state index contributed by atoms with van der Waals surface area (Å²) in [6, 6.07) is 16.8. The topological polar surface area (TPSA) is 58.2 Å². The molecule has 2 N–H and O–H groups in total. The standard InChI is InChI=1S/C21H26N2O2S2/c1-16-8-10-18(11-9-16)27-15-13-22-21(25)19(12-14-26-2)23-20(24)17-6-4-3-5-7-17/h3-11,19H,12-15H2,1-2H3,(H,22,25)(H,23,24). The van der Waals surface area contributed by atoms with Crippen LogP contribution in [0.5, 0.6) is 0 Å². The lowest BCUT2D eigenvalue weighted by molar-refractivity contribution is -0.122. The van der Waals surface area contributed by atoms with Crippen LogP contribution in [0.2, 0.25) is 0 Å². The van der Waals surface area contributed by atoms with Crippen molar-refractivity contribution in [3.05, 3.63) is 65.7 Å². The molecule has 0 saturated heterocycles. The van der Waals surface area contributed by atoms with Gasteiger partial charge >= 0.3 is 0 Å². The number of nitrogens with one attached hydrogen (secondary N) is 2. The fourth-order valence-electron chi connectivity index (χ4n) is 2.44. The van der Waals surface area contributed by atoms with Crippen LogP contribution < -0.4 is 10.6 Å². The molecule has 0 aliphatic heterocycles. The zero-order valence-corrected chi connectivity index (χ0v) is 17.4. The highest BCUT2D eigenvalue weighted by Crippen LogP contribution is 2.17. The predicted octanol–water partition coefficient (Wildman–Crippen LogP) is 3.76. The predicted molar refractivity (Wildman–Crippen MR) is 116 cm³/mol. The zero-order valence-electron chi connectivity index (χ0n) is 15.7. The molecule has 1 atom stereocenters. The molecule has 1 unspecified atom stereocenters. The fourth-order valence-corrected chi connectivity index (χ4v) is 3.68. The summed E-state index contributed by atoms with van der Waals surface area (Å²) in [7, 11) is 0. The molecule has 0 aromatic heterocycles. The first-order valence-electron chi connectivity index (χ1n) is 8.92. The third-order valence-corrected chi connectivity index (χ3v) is 5.62. The van der Waals surface area contributed by atoms with E-state index in [1.165, 1.54) is 10.5 Å². The molecule has 2 amide bonds. The van der Waals surface area contributed by atoms with Crippen molar-refractivity contribution < 1.29 is 9.59 Å². The summed E-state index contributed by atoms with van der Waals surface area (Å²) in [5, 5.41) is 5.81. The largest absolute Gasteiger partial charge is 0.353 e. The Labute approximate surface area is 169 Å². The number of benzene rings is 2. The Balaban J connectivity index is 1.82. The molecule has 144 valence electrons. The number of rotatable bonds is 10. The van der Waals surface area contributed by atoms with E-state index in [1.54, 1.807) is 35.7 Å². The Bertz CT molecular complexity index is 721. The van der Waals surface area contributed by atoms with Crippen LogP contribution in [-0.2, 0) is 4.79 Å². The molecule has 6 heteroatoms. The van der Waals surface area contributed by atoms with Gasteiger partial charge in [0.2, 0.25) is 5.91 Å². The quantitative estimate of drug-likeness (QED) is 0.469. The van der Waals surface area contributed by atoms with Gasteiger partial charge < -0.3 is 10.6 Å². The van der Waals surface area contributed by atoms with Crippen molar-refractivity contribution in [3.8, 4) is 0 Å². The number of amides is 2. The lowest BCUT2D eigenvalue weighted by atomic mass is 10.1. The maximum absolute atomic E-state index is 12.5. The molecular weight excluding hydrogens is 376 g/mol. The Hall–Kier alpha value is -1.92. The first-order valence-corrected chi connectivity index (χ1v) is 11.3. The van der Waals surface area contributed by atoms with Gasteiger partial charge in [-0.2, -0.15) is 11.8 Å². The molecule has 0 fully saturated rings. The van der Waals surface area contributed by atoms with Gasteiger partial charge in [0.05, 0.1) is 0 Å². The molecule has 4 nitrogen and oxygen atoms in total. The van der Waals surface area contributed by atoms with E-state index in [4.69, 9.17) is 0 Å². The summed E-state index contributed by atoms with van der Waals surface area (Å²) in [6.45, 7) is 2.63. The number of hydrogen-bond acceptors (Lipinski definition) is 4. The van der Waals surface area contributed by atoms with Crippen molar-refractivity contribution in [1.29, 1.82) is 0 Å². The summed E-state index contributed by atoms with van der Waals surface area (Å²) in [5.74, 6) is 1.26. The first kappa shape index (κ1) is 21.4. The summed E-state index contributed by atoms with van der Waals surface area (Å²) in [6.07, 6.45) is 2.60. The molecule has 0 aliphatic rings. The molecule has 2 aromatic rings. The van der Waals surface area contributed by atoms with Gasteiger partial charge in [-0.1, -0.05) is 35.9 Å². The van der Waals surface area contributed by atoms with E-state index in [1.807, 2.05) is 24.5 Å². The molecule has 27 heavy (non-hydrogen) atoms. The second-order valence-corrected chi connectivity index (χ2v) is 8.28. The van der Waals surface area contributed by atoms with Crippen molar-refractivity contribution >= 4 is 35.3 Å². The molecule has 2 aromatic carbocycles. The summed E-state index contributed by atoms with van der Waals surface area (Å²) >= 11 is 3.37. The number of hydrogen-bond donors (Lipinski definition) is 2. The first-order chi connectivity index (χ1) is 13.1. The van der Waals surface area contributed by atoms with Crippen LogP contribution in [0, 0.1) is 6.92 Å². The Kier molecular flexibility index (Phi) is 9.28. The molecule has 2 rings (SSSR count). The number of aryl methyl sites for hydroxylation is 1. The van der Waals surface area contributed by atoms with Crippen molar-refractivity contribution in [2.24, 2.45) is 0 Å². The smallest absolute Gasteiger partial charge is 0.251 e. The van der Waals surface area contributed by atoms with Crippen LogP contribution in [0.1, 0.15) is 22.3 Å². The van der Waals surface area contributed by atoms with Crippen LogP contribution in [0.25, 0.3) is 0 Å². The summed E-state index contributed by atoms with van der Waals surface area (Å²) in [5.41, 5.74) is 1.80. The van der Waals surface area contributed by atoms with Gasteiger partial charge in [0.25, 0.3) is 5.91 Å². The second-order valence-electron chi connectivity index (χ2n) is 6.13. The SMILES string of the molecule is CSCCC(NC(=O)c1ccccc1)C(=O)NCCSc1ccc(C)cc1. The Morgan fingerprint density at radius 3 is 2.37 bits per heavy atom. The van der Waals surface area contributed by atoms with Gasteiger partial charge in [-0.15, -0.1) is 11.8 Å². The van der Waals surface area contributed by atoms with Crippen molar-refractivity contribution in [1.82, 2.24) is 10.6 Å². The minimum absolute atomic E-state index is 0.127. The van der Waals surface area contributed by atoms with E-state index < -0.39 is 6.04 Å². The lowest BCUT2D eigenvalue weighted by Gasteiger charge is -2.18. The van der Waals surface area contributed by atoms with E-state index in [9.17, 15) is 9.59 Å². The Morgan fingerprint density at radius 1 is 1.00 bits per heavy atom. The minimum atomic E-state index is -0.519. The highest BCUT2D eigenvalue weighted by molar-refractivity contribution is 7.99. The van der Waals surface area contributed by atoms with Crippen LogP contribution in [0.4, 0.5) is 0 Å². The number of thioether (sulfide) groups is 2. The molecule has 0 aliphatic carbocycles. The third-order valence-electron chi connectivity index (χ3n) is 3.96. The van der Waals surface area contributed by atoms with Gasteiger partial charge in [0.15, 0.2) is 0 Å². The van der Waals surface area contributed by atoms with Crippen LogP contribution in [-0.4, -0.2) is 42.2 Å². The maximum Gasteiger partial charge on any atom is 0.251 e. The average molecular weight is 403 g/mol. The summed E-state index contributed by atoms with van der Waals surface area (Å²) in [4.78, 5) is 26.1. The highest BCUT2D eigenvalue weighted by atomic mass is 32.2. The lowest BCUT2D eigenvalue weighted by Crippen LogP contribution is -2.47. The van der Waals surface area contributed by atoms with E-state index in [2.05, 4.69) is 41.8 Å². The van der Waals surface area contributed by atoms with E-state index in [-0.39, 0.29) is 11.8 Å². The molecule has 0 heterocycles. The van der Waals surface area contributed by atoms with Crippen LogP contribution in [0.3, 0.4) is 0 Å². The van der Waals surface area contributed by atoms with Crippen molar-refractivity contribution in [3.63, 3.8) is 0 Å². The van der Waals surface area contributed by atoms with Crippen molar-refractivity contribution in [2.45, 2.75) is 24.3 Å². The van der Waals surface area contributed by atoms with Crippen LogP contribution >= 0.6 is 23.5 Å². The number of carbonyl (C=O) groups excluding carboxylic acids is 2. The zero-order chi connectivity index (χ0) is 19.5. The van der Waals surface area contributed by atoms with Crippen molar-refractivity contribution in [2.75, 3.05) is 24.3 Å². The molecule has 0 radical (unpaired) electrons. The minimum Gasteiger partial charge on any atom is -0.353 e. The maximum atomic E-state index is 12.5. The van der Waals surface area contributed by atoms with Gasteiger partial charge in [0, 0.05) is 22.8 Å². The Morgan fingerprint density at radius 2 is 1.70 bits per heavy atom. The molecule has 0 saturated carbocycles. The average Bonchev–Trinajstić information content (AvgIpc) is 2.70. The van der Waals surface area contributed by atoms with E-state index in [0.717, 1.165) is 11.5 Å². The molecule has 0 bridgehead atoms. The molecule has 0 spiro atoms. The van der Waals surface area contributed by atoms with Gasteiger partial charge in [-0.05, 0) is 49.6 Å². The van der Waals surface area contributed by atoms with E-state index in [0.29, 0.717) is 18.5 Å². The fraction of sp³-hybridized carbons (Fsp3) is 0.333. The molecular formula is C21H26N2O2S2. The van der Waals surface area contributed by atoms with Crippen LogP contribution in [0.15, 0.2) is 59.5 Å². The normalized spacial score (nSPS) is 11.6. The van der Waals surface area contributed by atoms with Gasteiger partial charge in [0.1, 0.15) is 6.04 Å². The number of carbonyl (C=O) groups is 2. The summed E-state index contributed by atoms with van der Waals surface area (Å²) < 4.78 is 0. The second kappa shape index (κ2) is 11.7. The monoisotopic (exact) mass is 402 g/mol. The van der Waals surface area contributed by atoms with Gasteiger partial charge in [-0.3, -0.25) is 9.59 Å². The highest BCUT2D eigenvalue weighted by Gasteiger charge is 2.20. The van der Waals surface area contributed by atoms with Gasteiger partial charge in [-0.25, -0.2) is 0 Å². The van der Waals surface area contributed by atoms with E-state index >= 15 is 0 Å². The third kappa shape index (κ3) is 7.69.